The fourth-order valence-electron chi connectivity index (χ4n) is 4.09. The number of carbonyl (C=O) groups is 1. The zero-order valence-electron chi connectivity index (χ0n) is 19.3. The summed E-state index contributed by atoms with van der Waals surface area (Å²) in [6.45, 7) is 0.332. The Bertz CT molecular complexity index is 1240. The highest BCUT2D eigenvalue weighted by atomic mass is 19.4. The van der Waals surface area contributed by atoms with E-state index in [2.05, 4.69) is 4.98 Å². The van der Waals surface area contributed by atoms with Crippen LogP contribution >= 0.6 is 0 Å². The van der Waals surface area contributed by atoms with E-state index >= 15 is 0 Å². The molecule has 1 amide bonds. The quantitative estimate of drug-likeness (QED) is 0.468. The van der Waals surface area contributed by atoms with Gasteiger partial charge in [-0.2, -0.15) is 13.2 Å². The number of carbonyl (C=O) groups excluding carboxylic acids is 1. The number of aliphatic hydroxyl groups is 2. The maximum atomic E-state index is 13.8. The molecule has 4 rings (SSSR count). The van der Waals surface area contributed by atoms with Crippen molar-refractivity contribution in [2.24, 2.45) is 0 Å². The Labute approximate surface area is 204 Å². The molecule has 36 heavy (non-hydrogen) atoms. The Morgan fingerprint density at radius 3 is 2.33 bits per heavy atom. The van der Waals surface area contributed by atoms with Gasteiger partial charge in [0, 0.05) is 12.1 Å². The molecule has 0 bridgehead atoms. The lowest BCUT2D eigenvalue weighted by Crippen LogP contribution is -2.58. The van der Waals surface area contributed by atoms with Gasteiger partial charge in [0.15, 0.2) is 0 Å². The molecule has 0 radical (unpaired) electrons. The van der Waals surface area contributed by atoms with Crippen molar-refractivity contribution >= 4 is 6.09 Å². The molecule has 1 unspecified atom stereocenters. The van der Waals surface area contributed by atoms with E-state index in [0.29, 0.717) is 18.5 Å². The third-order valence-electron chi connectivity index (χ3n) is 6.55. The number of aromatic nitrogens is 1. The van der Waals surface area contributed by atoms with Gasteiger partial charge < -0.3 is 14.9 Å². The average Bonchev–Trinajstić information content (AvgIpc) is 2.86. The highest BCUT2D eigenvalue weighted by Gasteiger charge is 2.57. The van der Waals surface area contributed by atoms with Crippen molar-refractivity contribution < 1.29 is 37.3 Å². The van der Waals surface area contributed by atoms with Crippen molar-refractivity contribution in [1.29, 1.82) is 0 Å². The molecule has 2 atom stereocenters. The molecule has 2 N–H and O–H groups in total. The van der Waals surface area contributed by atoms with Crippen LogP contribution in [0.15, 0.2) is 66.7 Å². The summed E-state index contributed by atoms with van der Waals surface area (Å²) >= 11 is 0. The number of aliphatic hydroxyl groups excluding tert-OH is 1. The molecule has 1 fully saturated rings. The first-order valence-electron chi connectivity index (χ1n) is 11.2. The van der Waals surface area contributed by atoms with Crippen molar-refractivity contribution in [3.63, 3.8) is 0 Å². The molecule has 6 nitrogen and oxygen atoms in total. The lowest BCUT2D eigenvalue weighted by molar-refractivity contribution is -0.279. The molecule has 10 heteroatoms. The highest BCUT2D eigenvalue weighted by molar-refractivity contribution is 5.71. The van der Waals surface area contributed by atoms with Crippen molar-refractivity contribution in [2.75, 3.05) is 13.2 Å². The Morgan fingerprint density at radius 1 is 1.11 bits per heavy atom. The van der Waals surface area contributed by atoms with E-state index < -0.39 is 41.5 Å². The van der Waals surface area contributed by atoms with Gasteiger partial charge in [0.05, 0.1) is 23.5 Å². The molecule has 2 heterocycles. The Kier molecular flexibility index (Phi) is 6.76. The Hall–Kier alpha value is -3.50. The van der Waals surface area contributed by atoms with Gasteiger partial charge in [-0.25, -0.2) is 14.2 Å². The van der Waals surface area contributed by atoms with E-state index in [1.807, 2.05) is 6.07 Å². The summed E-state index contributed by atoms with van der Waals surface area (Å²) in [6.07, 6.45) is -5.48. The summed E-state index contributed by atoms with van der Waals surface area (Å²) in [5.74, 6) is -0.546. The molecule has 0 spiro atoms. The van der Waals surface area contributed by atoms with Gasteiger partial charge in [-0.15, -0.1) is 0 Å². The zero-order valence-corrected chi connectivity index (χ0v) is 19.3. The van der Waals surface area contributed by atoms with Crippen LogP contribution in [0.5, 0.6) is 0 Å². The number of alkyl halides is 3. The zero-order chi connectivity index (χ0) is 26.1. The van der Waals surface area contributed by atoms with E-state index in [4.69, 9.17) is 4.74 Å². The number of halogens is 4. The standard InChI is InChI=1S/C26H24F4N2O4/c1-24(11-12-32(24)23(34)36-15-17-5-3-2-4-6-17)19-13-21(18-7-9-20(27)10-8-18)31-22(14-19)25(35,16-33)26(28,29)30/h2-10,13-14,33,35H,11-12,15-16H2,1H3/t24-,25?/m0/s1. The van der Waals surface area contributed by atoms with Gasteiger partial charge >= 0.3 is 12.3 Å². The van der Waals surface area contributed by atoms with E-state index in [0.717, 1.165) is 23.8 Å². The summed E-state index contributed by atoms with van der Waals surface area (Å²) in [6, 6.07) is 16.5. The van der Waals surface area contributed by atoms with Gasteiger partial charge in [-0.05, 0) is 60.9 Å². The maximum Gasteiger partial charge on any atom is 0.425 e. The number of ether oxygens (including phenoxy) is 1. The SMILES string of the molecule is C[C@@]1(c2cc(-c3ccc(F)cc3)nc(C(O)(CO)C(F)(F)F)c2)CCN1C(=O)OCc1ccccc1. The van der Waals surface area contributed by atoms with Crippen molar-refractivity contribution in [3.8, 4) is 11.3 Å². The minimum atomic E-state index is -5.23. The van der Waals surface area contributed by atoms with Crippen LogP contribution in [0.2, 0.25) is 0 Å². The molecule has 2 aromatic carbocycles. The van der Waals surface area contributed by atoms with E-state index in [1.54, 1.807) is 31.2 Å². The molecule has 1 saturated heterocycles. The first-order valence-corrected chi connectivity index (χ1v) is 11.2. The second kappa shape index (κ2) is 9.51. The smallest absolute Gasteiger partial charge is 0.425 e. The first-order chi connectivity index (χ1) is 17.0. The summed E-state index contributed by atoms with van der Waals surface area (Å²) < 4.78 is 60.2. The number of rotatable bonds is 6. The second-order valence-corrected chi connectivity index (χ2v) is 8.87. The topological polar surface area (TPSA) is 82.9 Å². The van der Waals surface area contributed by atoms with Crippen molar-refractivity contribution in [3.05, 3.63) is 89.4 Å². The van der Waals surface area contributed by atoms with Gasteiger partial charge in [0.1, 0.15) is 12.4 Å². The molecular formula is C26H24F4N2O4. The number of nitrogens with zero attached hydrogens (tertiary/aromatic N) is 2. The predicted molar refractivity (Wildman–Crippen MR) is 122 cm³/mol. The number of amides is 1. The normalized spacial score (nSPS) is 19.4. The Balaban J connectivity index is 1.73. The molecule has 1 aliphatic rings. The van der Waals surface area contributed by atoms with Crippen LogP contribution in [0.3, 0.4) is 0 Å². The number of hydrogen-bond acceptors (Lipinski definition) is 5. The third-order valence-corrected chi connectivity index (χ3v) is 6.55. The summed E-state index contributed by atoms with van der Waals surface area (Å²) in [5.41, 5.74) is -4.20. The monoisotopic (exact) mass is 504 g/mol. The number of hydrogen-bond donors (Lipinski definition) is 2. The minimum Gasteiger partial charge on any atom is -0.445 e. The van der Waals surface area contributed by atoms with E-state index in [9.17, 15) is 32.6 Å². The fourth-order valence-corrected chi connectivity index (χ4v) is 4.09. The van der Waals surface area contributed by atoms with Crippen LogP contribution in [0.25, 0.3) is 11.3 Å². The molecule has 0 saturated carbocycles. The largest absolute Gasteiger partial charge is 0.445 e. The van der Waals surface area contributed by atoms with Crippen LogP contribution in [-0.4, -0.2) is 45.5 Å². The van der Waals surface area contributed by atoms with Crippen molar-refractivity contribution in [2.45, 2.75) is 37.3 Å². The van der Waals surface area contributed by atoms with E-state index in [-0.39, 0.29) is 17.9 Å². The molecule has 190 valence electrons. The summed E-state index contributed by atoms with van der Waals surface area (Å²) in [5, 5.41) is 19.9. The predicted octanol–water partition coefficient (Wildman–Crippen LogP) is 4.89. The molecule has 3 aromatic rings. The van der Waals surface area contributed by atoms with Gasteiger partial charge in [0.2, 0.25) is 5.60 Å². The maximum absolute atomic E-state index is 13.8. The molecule has 1 aromatic heterocycles. The van der Waals surface area contributed by atoms with Crippen LogP contribution in [0, 0.1) is 5.82 Å². The van der Waals surface area contributed by atoms with Gasteiger partial charge in [-0.1, -0.05) is 30.3 Å². The molecular weight excluding hydrogens is 480 g/mol. The number of likely N-dealkylation sites (tertiary alicyclic amines) is 1. The molecule has 0 aliphatic carbocycles. The van der Waals surface area contributed by atoms with Gasteiger partial charge in [0.25, 0.3) is 0 Å². The first kappa shape index (κ1) is 25.6. The lowest BCUT2D eigenvalue weighted by atomic mass is 9.79. The molecule has 1 aliphatic heterocycles. The minimum absolute atomic E-state index is 0.0179. The third kappa shape index (κ3) is 4.66. The van der Waals surface area contributed by atoms with Crippen molar-refractivity contribution in [1.82, 2.24) is 9.88 Å². The number of benzene rings is 2. The van der Waals surface area contributed by atoms with Gasteiger partial charge in [-0.3, -0.25) is 4.90 Å². The average molecular weight is 504 g/mol. The Morgan fingerprint density at radius 2 is 1.78 bits per heavy atom. The van der Waals surface area contributed by atoms with Crippen LogP contribution in [0.4, 0.5) is 22.4 Å². The number of pyridine rings is 1. The fraction of sp³-hybridized carbons (Fsp3) is 0.308. The van der Waals surface area contributed by atoms with Crippen LogP contribution < -0.4 is 0 Å². The van der Waals surface area contributed by atoms with Crippen LogP contribution in [-0.2, 0) is 22.5 Å². The van der Waals surface area contributed by atoms with E-state index in [1.165, 1.54) is 23.1 Å². The highest BCUT2D eigenvalue weighted by Crippen LogP contribution is 2.45. The lowest BCUT2D eigenvalue weighted by Gasteiger charge is -2.50. The second-order valence-electron chi connectivity index (χ2n) is 8.87. The summed E-state index contributed by atoms with van der Waals surface area (Å²) in [7, 11) is 0. The van der Waals surface area contributed by atoms with Crippen LogP contribution in [0.1, 0.15) is 30.2 Å². The summed E-state index contributed by atoms with van der Waals surface area (Å²) in [4.78, 5) is 18.2.